The van der Waals surface area contributed by atoms with Crippen LogP contribution >= 0.6 is 0 Å². The van der Waals surface area contributed by atoms with Gasteiger partial charge < -0.3 is 0 Å². The molecule has 2 aromatic carbocycles. The van der Waals surface area contributed by atoms with E-state index in [1.54, 1.807) is 0 Å². The first-order valence-electron chi connectivity index (χ1n) is 11.1. The van der Waals surface area contributed by atoms with Gasteiger partial charge in [0.25, 0.3) is 0 Å². The first-order chi connectivity index (χ1) is 13.6. The highest BCUT2D eigenvalue weighted by Gasteiger charge is 2.34. The fourth-order valence-electron chi connectivity index (χ4n) is 5.67. The van der Waals surface area contributed by atoms with Crippen LogP contribution in [0.2, 0.25) is 0 Å². The molecule has 0 bridgehead atoms. The molecule has 0 nitrogen and oxygen atoms in total. The molecule has 4 rings (SSSR count). The smallest absolute Gasteiger partial charge is 0.166 e. The Kier molecular flexibility index (Phi) is 5.85. The average Bonchev–Trinajstić information content (AvgIpc) is 2.71. The van der Waals surface area contributed by atoms with E-state index in [1.165, 1.54) is 44.1 Å². The van der Waals surface area contributed by atoms with Gasteiger partial charge in [-0.3, -0.25) is 0 Å². The fraction of sp³-hybridized carbons (Fsp3) is 0.538. The average molecular weight is 383 g/mol. The maximum atomic E-state index is 14.8. The Morgan fingerprint density at radius 2 is 1.75 bits per heavy atom. The minimum absolute atomic E-state index is 0.448. The van der Waals surface area contributed by atoms with Crippen LogP contribution in [0, 0.1) is 29.4 Å². The zero-order chi connectivity index (χ0) is 19.7. The first kappa shape index (κ1) is 19.6. The van der Waals surface area contributed by atoms with Crippen molar-refractivity contribution in [1.82, 2.24) is 0 Å². The largest absolute Gasteiger partial charge is 0.203 e. The Balaban J connectivity index is 1.58. The van der Waals surface area contributed by atoms with E-state index < -0.39 is 11.6 Å². The van der Waals surface area contributed by atoms with Gasteiger partial charge in [-0.05, 0) is 104 Å². The van der Waals surface area contributed by atoms with E-state index in [4.69, 9.17) is 0 Å². The van der Waals surface area contributed by atoms with Crippen molar-refractivity contribution < 1.29 is 8.78 Å². The van der Waals surface area contributed by atoms with E-state index in [9.17, 15) is 8.78 Å². The van der Waals surface area contributed by atoms with Gasteiger partial charge in [0, 0.05) is 5.39 Å². The monoisotopic (exact) mass is 382 g/mol. The van der Waals surface area contributed by atoms with Crippen LogP contribution in [-0.2, 0) is 6.42 Å². The Bertz CT molecular complexity index is 866. The van der Waals surface area contributed by atoms with E-state index >= 15 is 0 Å². The number of allylic oxidation sites excluding steroid dienone is 2. The van der Waals surface area contributed by atoms with Crippen molar-refractivity contribution in [3.8, 4) is 0 Å². The molecule has 2 saturated carbocycles. The molecule has 0 aromatic heterocycles. The van der Waals surface area contributed by atoms with Crippen LogP contribution in [0.5, 0.6) is 0 Å². The topological polar surface area (TPSA) is 0 Å². The second kappa shape index (κ2) is 8.35. The molecule has 2 aliphatic rings. The second-order valence-corrected chi connectivity index (χ2v) is 9.20. The standard InChI is InChI=1S/C26H32F2/c1-3-4-5-6-23-15-22-12-11-21(16-24(22)26(28)25(23)27)20-10-9-18-13-17(2)7-8-19(18)14-20/h3-4,11-12,15-20H,5-10,13-14H2,1-2H3/b4-3+/t17?,18-,19?,20-/m1/s1. The molecule has 2 fully saturated rings. The third-order valence-corrected chi connectivity index (χ3v) is 7.28. The molecule has 0 spiro atoms. The number of aryl methyl sites for hydroxylation is 1. The Hall–Kier alpha value is -1.70. The van der Waals surface area contributed by atoms with Gasteiger partial charge in [-0.1, -0.05) is 37.6 Å². The molecule has 0 saturated heterocycles. The lowest BCUT2D eigenvalue weighted by molar-refractivity contribution is 0.124. The van der Waals surface area contributed by atoms with Gasteiger partial charge in [0.2, 0.25) is 0 Å². The van der Waals surface area contributed by atoms with Crippen LogP contribution < -0.4 is 0 Å². The summed E-state index contributed by atoms with van der Waals surface area (Å²) in [4.78, 5) is 0. The molecular weight excluding hydrogens is 350 g/mol. The van der Waals surface area contributed by atoms with Crippen LogP contribution in [-0.4, -0.2) is 0 Å². The summed E-state index contributed by atoms with van der Waals surface area (Å²) in [5.74, 6) is 1.73. The molecular formula is C26H32F2. The third-order valence-electron chi connectivity index (χ3n) is 7.28. The zero-order valence-electron chi connectivity index (χ0n) is 17.2. The maximum absolute atomic E-state index is 14.8. The molecule has 0 aliphatic heterocycles. The van der Waals surface area contributed by atoms with E-state index in [0.29, 0.717) is 23.3 Å². The summed E-state index contributed by atoms with van der Waals surface area (Å²) < 4.78 is 29.4. The molecule has 4 atom stereocenters. The summed E-state index contributed by atoms with van der Waals surface area (Å²) in [6.45, 7) is 4.33. The molecule has 2 heteroatoms. The number of halogens is 2. The van der Waals surface area contributed by atoms with Crippen LogP contribution in [0.1, 0.15) is 75.8 Å². The summed E-state index contributed by atoms with van der Waals surface area (Å²) in [7, 11) is 0. The van der Waals surface area contributed by atoms with Crippen molar-refractivity contribution in [2.75, 3.05) is 0 Å². The number of benzene rings is 2. The van der Waals surface area contributed by atoms with Crippen molar-refractivity contribution in [3.63, 3.8) is 0 Å². The highest BCUT2D eigenvalue weighted by atomic mass is 19.2. The predicted octanol–water partition coefficient (Wildman–Crippen LogP) is 7.95. The molecule has 150 valence electrons. The number of fused-ring (bicyclic) bond motifs is 2. The quantitative estimate of drug-likeness (QED) is 0.471. The van der Waals surface area contributed by atoms with Gasteiger partial charge in [0.15, 0.2) is 11.6 Å². The van der Waals surface area contributed by atoms with Crippen molar-refractivity contribution in [2.24, 2.45) is 17.8 Å². The molecule has 2 unspecified atom stereocenters. The Labute approximate surface area is 168 Å². The maximum Gasteiger partial charge on any atom is 0.166 e. The normalized spacial score (nSPS) is 28.0. The van der Waals surface area contributed by atoms with Crippen LogP contribution in [0.4, 0.5) is 8.78 Å². The first-order valence-corrected chi connectivity index (χ1v) is 11.1. The van der Waals surface area contributed by atoms with Gasteiger partial charge in [-0.15, -0.1) is 0 Å². The van der Waals surface area contributed by atoms with E-state index in [-0.39, 0.29) is 0 Å². The van der Waals surface area contributed by atoms with Crippen LogP contribution in [0.25, 0.3) is 10.8 Å². The minimum atomic E-state index is -0.671. The van der Waals surface area contributed by atoms with Gasteiger partial charge in [0.1, 0.15) is 0 Å². The number of rotatable bonds is 4. The van der Waals surface area contributed by atoms with E-state index in [1.807, 2.05) is 37.3 Å². The molecule has 2 aromatic rings. The summed E-state index contributed by atoms with van der Waals surface area (Å²) >= 11 is 0. The summed E-state index contributed by atoms with van der Waals surface area (Å²) in [5, 5.41) is 1.27. The number of hydrogen-bond donors (Lipinski definition) is 0. The van der Waals surface area contributed by atoms with Crippen molar-refractivity contribution in [3.05, 3.63) is 59.2 Å². The zero-order valence-corrected chi connectivity index (χ0v) is 17.2. The second-order valence-electron chi connectivity index (χ2n) is 9.20. The highest BCUT2D eigenvalue weighted by molar-refractivity contribution is 5.85. The Morgan fingerprint density at radius 1 is 0.964 bits per heavy atom. The van der Waals surface area contributed by atoms with Crippen LogP contribution in [0.15, 0.2) is 36.4 Å². The van der Waals surface area contributed by atoms with Gasteiger partial charge in [0.05, 0.1) is 0 Å². The van der Waals surface area contributed by atoms with Crippen molar-refractivity contribution in [2.45, 2.75) is 71.1 Å². The summed E-state index contributed by atoms with van der Waals surface area (Å²) in [6, 6.07) is 7.92. The van der Waals surface area contributed by atoms with Gasteiger partial charge >= 0.3 is 0 Å². The fourth-order valence-corrected chi connectivity index (χ4v) is 5.67. The summed E-state index contributed by atoms with van der Waals surface area (Å²) in [6.07, 6.45) is 13.0. The lowest BCUT2D eigenvalue weighted by Crippen LogP contribution is -2.29. The molecule has 0 N–H and O–H groups in total. The van der Waals surface area contributed by atoms with Crippen LogP contribution in [0.3, 0.4) is 0 Å². The van der Waals surface area contributed by atoms with E-state index in [0.717, 1.165) is 29.6 Å². The molecule has 28 heavy (non-hydrogen) atoms. The highest BCUT2D eigenvalue weighted by Crippen LogP contribution is 2.47. The van der Waals surface area contributed by atoms with Crippen molar-refractivity contribution in [1.29, 1.82) is 0 Å². The predicted molar refractivity (Wildman–Crippen MR) is 114 cm³/mol. The Morgan fingerprint density at radius 3 is 2.57 bits per heavy atom. The van der Waals surface area contributed by atoms with Crippen molar-refractivity contribution >= 4 is 10.8 Å². The van der Waals surface area contributed by atoms with Gasteiger partial charge in [-0.25, -0.2) is 8.78 Å². The molecule has 0 heterocycles. The SMILES string of the molecule is C/C=C/CCc1cc2ccc([C@@H]3CC[C@@H]4CC(C)CCC4C3)cc2c(F)c1F. The minimum Gasteiger partial charge on any atom is -0.203 e. The summed E-state index contributed by atoms with van der Waals surface area (Å²) in [5.41, 5.74) is 1.68. The van der Waals surface area contributed by atoms with Gasteiger partial charge in [-0.2, -0.15) is 0 Å². The number of hydrogen-bond acceptors (Lipinski definition) is 0. The lowest BCUT2D eigenvalue weighted by Gasteiger charge is -2.41. The molecule has 2 aliphatic carbocycles. The molecule has 0 amide bonds. The van der Waals surface area contributed by atoms with E-state index in [2.05, 4.69) is 13.0 Å². The lowest BCUT2D eigenvalue weighted by atomic mass is 9.64. The molecule has 0 radical (unpaired) electrons. The third kappa shape index (κ3) is 3.88.